The van der Waals surface area contributed by atoms with Gasteiger partial charge in [0.15, 0.2) is 35.7 Å². The predicted octanol–water partition coefficient (Wildman–Crippen LogP) is 8.90. The van der Waals surface area contributed by atoms with Gasteiger partial charge in [-0.05, 0) is 158 Å². The zero-order valence-electron chi connectivity index (χ0n) is 43.3. The Hall–Kier alpha value is -0.600. The van der Waals surface area contributed by atoms with Gasteiger partial charge in [0.2, 0.25) is 17.4 Å². The zero-order chi connectivity index (χ0) is 47.7. The molecule has 25 atom stereocenters. The van der Waals surface area contributed by atoms with Crippen LogP contribution in [-0.4, -0.2) is 110 Å². The minimum Gasteiger partial charge on any atom is -0.379 e. The van der Waals surface area contributed by atoms with Gasteiger partial charge >= 0.3 is 0 Å². The molecule has 0 aromatic carbocycles. The molecule has 15 heteroatoms. The Morgan fingerprint density at radius 2 is 0.855 bits per heavy atom. The van der Waals surface area contributed by atoms with Gasteiger partial charge < -0.3 is 43.2 Å². The van der Waals surface area contributed by atoms with E-state index in [4.69, 9.17) is 67.2 Å². The molecule has 0 amide bonds. The maximum Gasteiger partial charge on any atom is 0.201 e. The quantitative estimate of drug-likeness (QED) is 0.131. The van der Waals surface area contributed by atoms with Gasteiger partial charge in [0.25, 0.3) is 0 Å². The first kappa shape index (κ1) is 49.3. The molecular formula is C54H87NO14. The van der Waals surface area contributed by atoms with E-state index in [1.165, 1.54) is 19.3 Å². The van der Waals surface area contributed by atoms with Gasteiger partial charge in [0.1, 0.15) is 0 Å². The van der Waals surface area contributed by atoms with Crippen LogP contribution in [-0.2, 0) is 67.2 Å². The first-order valence-corrected chi connectivity index (χ1v) is 28.1. The number of hydrogen-bond acceptors (Lipinski definition) is 15. The van der Waals surface area contributed by atoms with Crippen molar-refractivity contribution in [3.63, 3.8) is 0 Å². The normalized spacial score (nSPS) is 56.3. The molecule has 392 valence electrons. The first-order valence-electron chi connectivity index (χ1n) is 28.1. The third-order valence-corrected chi connectivity index (χ3v) is 21.5. The predicted molar refractivity (Wildman–Crippen MR) is 248 cm³/mol. The van der Waals surface area contributed by atoms with Crippen LogP contribution in [0.3, 0.4) is 0 Å². The Bertz CT molecular complexity index is 1760. The van der Waals surface area contributed by atoms with Crippen LogP contribution in [0.15, 0.2) is 0 Å². The Balaban J connectivity index is 0.696. The molecule has 12 heterocycles. The second-order valence-electron chi connectivity index (χ2n) is 25.5. The Morgan fingerprint density at radius 1 is 0.464 bits per heavy atom. The van der Waals surface area contributed by atoms with Crippen molar-refractivity contribution in [1.29, 1.82) is 0 Å². The molecular weight excluding hydrogens is 887 g/mol. The van der Waals surface area contributed by atoms with Crippen molar-refractivity contribution in [2.24, 2.45) is 71.0 Å². The summed E-state index contributed by atoms with van der Waals surface area (Å²) in [5, 5.41) is 3.79. The minimum atomic E-state index is -0.794. The molecule has 12 saturated heterocycles. The van der Waals surface area contributed by atoms with Gasteiger partial charge in [-0.1, -0.05) is 41.5 Å². The molecule has 4 unspecified atom stereocenters. The largest absolute Gasteiger partial charge is 0.379 e. The van der Waals surface area contributed by atoms with E-state index in [2.05, 4.69) is 46.9 Å². The standard InChI is InChI=1S/C54H87NO14/c1-30-10-13-40-33(4)43(58-46-52(40)37(30)16-22-49(7,61-46)64-67-52)19-25-55-28-36(57-27-21-45-35(6)42-15-12-32(3)39-18-24-51(9)63-48(60-45)54(39,42)69-66-51)29-56-26-20-44-34(5)41-14-11-31(2)38-17-23-50(8)62-47(59-44)53(38,41)68-65-50/h30-48,55H,10-29H2,1-9H3/t30-,31-,32-,33-,34-,35-,36?,37+,38+,39+,40+,41+,42+,43?,44?,45?,46-,47-,48-,49+,50+,51+,52-,53-,54-/m1/s1. The molecule has 12 aliphatic heterocycles. The van der Waals surface area contributed by atoms with E-state index in [9.17, 15) is 0 Å². The average Bonchev–Trinajstić information content (AvgIpc) is 3.81. The van der Waals surface area contributed by atoms with Crippen molar-refractivity contribution < 1.29 is 67.2 Å². The van der Waals surface area contributed by atoms with Crippen molar-refractivity contribution >= 4 is 0 Å². The summed E-state index contributed by atoms with van der Waals surface area (Å²) < 4.78 is 54.3. The van der Waals surface area contributed by atoms with Crippen LogP contribution in [0.2, 0.25) is 0 Å². The summed E-state index contributed by atoms with van der Waals surface area (Å²) in [5.41, 5.74) is -1.68. The Kier molecular flexibility index (Phi) is 13.1. The topological polar surface area (TPSA) is 141 Å². The van der Waals surface area contributed by atoms with Crippen LogP contribution < -0.4 is 5.32 Å². The van der Waals surface area contributed by atoms with Crippen molar-refractivity contribution in [3.8, 4) is 0 Å². The molecule has 69 heavy (non-hydrogen) atoms. The number of nitrogens with one attached hydrogen (secondary N) is 1. The molecule has 6 bridgehead atoms. The molecule has 1 N–H and O–H groups in total. The maximum absolute atomic E-state index is 6.96. The highest BCUT2D eigenvalue weighted by atomic mass is 17.3. The van der Waals surface area contributed by atoms with E-state index in [1.807, 2.05) is 20.8 Å². The fraction of sp³-hybridized carbons (Fsp3) is 1.00. The lowest BCUT2D eigenvalue weighted by molar-refractivity contribution is -0.571. The highest BCUT2D eigenvalue weighted by Gasteiger charge is 2.72. The number of rotatable bonds is 14. The minimum absolute atomic E-state index is 0.0103. The lowest BCUT2D eigenvalue weighted by Crippen LogP contribution is -2.70. The summed E-state index contributed by atoms with van der Waals surface area (Å²) in [6, 6.07) is 0. The third-order valence-electron chi connectivity index (χ3n) is 21.5. The molecule has 15 nitrogen and oxygen atoms in total. The smallest absolute Gasteiger partial charge is 0.201 e. The number of fused-ring (bicyclic) bond motifs is 6. The van der Waals surface area contributed by atoms with Gasteiger partial charge in [-0.15, -0.1) is 0 Å². The monoisotopic (exact) mass is 974 g/mol. The molecule has 0 aromatic heterocycles. The van der Waals surface area contributed by atoms with Crippen molar-refractivity contribution in [2.45, 2.75) is 236 Å². The van der Waals surface area contributed by atoms with Crippen LogP contribution >= 0.6 is 0 Å². The van der Waals surface area contributed by atoms with Crippen molar-refractivity contribution in [2.75, 3.05) is 32.9 Å². The summed E-state index contributed by atoms with van der Waals surface area (Å²) in [6.07, 6.45) is 13.2. The second-order valence-corrected chi connectivity index (χ2v) is 25.5. The molecule has 0 aromatic rings. The fourth-order valence-electron chi connectivity index (χ4n) is 17.4. The first-order chi connectivity index (χ1) is 33.1. The van der Waals surface area contributed by atoms with Gasteiger partial charge in [-0.25, -0.2) is 29.3 Å². The highest BCUT2D eigenvalue weighted by molar-refractivity contribution is 5.13. The summed E-state index contributed by atoms with van der Waals surface area (Å²) in [6.45, 7) is 23.1. The van der Waals surface area contributed by atoms with Gasteiger partial charge in [-0.3, -0.25) is 0 Å². The van der Waals surface area contributed by atoms with E-state index in [0.29, 0.717) is 79.6 Å². The van der Waals surface area contributed by atoms with E-state index in [0.717, 1.165) is 83.6 Å². The van der Waals surface area contributed by atoms with Gasteiger partial charge in [0, 0.05) is 56.8 Å². The van der Waals surface area contributed by atoms with Crippen LogP contribution in [0.4, 0.5) is 0 Å². The number of hydrogen-bond donors (Lipinski definition) is 1. The summed E-state index contributed by atoms with van der Waals surface area (Å²) in [4.78, 5) is 37.6. The highest BCUT2D eigenvalue weighted by Crippen LogP contribution is 2.64. The van der Waals surface area contributed by atoms with E-state index in [1.54, 1.807) is 0 Å². The lowest BCUT2D eigenvalue weighted by atomic mass is 9.57. The average molecular weight is 974 g/mol. The van der Waals surface area contributed by atoms with Crippen molar-refractivity contribution in [1.82, 2.24) is 5.32 Å². The zero-order valence-corrected chi connectivity index (χ0v) is 43.3. The summed E-state index contributed by atoms with van der Waals surface area (Å²) in [5.74, 6) is 2.04. The van der Waals surface area contributed by atoms with Crippen molar-refractivity contribution in [3.05, 3.63) is 0 Å². The molecule has 15 rings (SSSR count). The summed E-state index contributed by atoms with van der Waals surface area (Å²) >= 11 is 0. The van der Waals surface area contributed by atoms with E-state index >= 15 is 0 Å². The van der Waals surface area contributed by atoms with E-state index < -0.39 is 53.0 Å². The Morgan fingerprint density at radius 3 is 1.28 bits per heavy atom. The fourth-order valence-corrected chi connectivity index (χ4v) is 17.4. The molecule has 15 fully saturated rings. The van der Waals surface area contributed by atoms with Crippen LogP contribution in [0.1, 0.15) is 159 Å². The molecule has 0 radical (unpaired) electrons. The van der Waals surface area contributed by atoms with Crippen LogP contribution in [0.25, 0.3) is 0 Å². The molecule has 3 spiro atoms. The Labute approximate surface area is 411 Å². The van der Waals surface area contributed by atoms with Crippen LogP contribution in [0.5, 0.6) is 0 Å². The van der Waals surface area contributed by atoms with Gasteiger partial charge in [-0.2, -0.15) is 0 Å². The molecule has 3 aliphatic carbocycles. The van der Waals surface area contributed by atoms with Crippen LogP contribution in [0, 0.1) is 71.0 Å². The third kappa shape index (κ3) is 7.95. The molecule has 15 aliphatic rings. The maximum atomic E-state index is 6.96. The summed E-state index contributed by atoms with van der Waals surface area (Å²) in [7, 11) is 0. The second kappa shape index (κ2) is 18.3. The van der Waals surface area contributed by atoms with E-state index in [-0.39, 0.29) is 42.2 Å². The van der Waals surface area contributed by atoms with Gasteiger partial charge in [0.05, 0.1) is 31.0 Å². The SMILES string of the molecule is C[C@@H]1CC[C@H]2[C@@H](C)C(CCNCC(COCCC3O[C@@H]4O[C@]5(C)CC[C@H]6[C@H](C)CC[C@@H]([C@H]3C)[C@@]46OO5)OCCC3O[C@@H]4O[C@]5(C)CC[C@H]6[C@H](C)CC[C@@H]([C@H]3C)[C@@]46OO5)O[C@@H]3O[C@]4(C)CC[C@@H]1[C@]32OO4. The molecule has 3 saturated carbocycles. The number of ether oxygens (including phenoxy) is 8. The lowest BCUT2D eigenvalue weighted by Gasteiger charge is -2.60.